The van der Waals surface area contributed by atoms with Crippen LogP contribution >= 0.6 is 0 Å². The van der Waals surface area contributed by atoms with Crippen LogP contribution < -0.4 is 0 Å². The summed E-state index contributed by atoms with van der Waals surface area (Å²) in [6, 6.07) is 0. The molecule has 0 fully saturated rings. The van der Waals surface area contributed by atoms with Gasteiger partial charge in [0.1, 0.15) is 13.5 Å². The van der Waals surface area contributed by atoms with Crippen molar-refractivity contribution < 1.29 is 82.8 Å². The molecule has 0 aromatic rings. The molecule has 0 spiro atoms. The second-order valence-corrected chi connectivity index (χ2v) is 8.43. The van der Waals surface area contributed by atoms with Gasteiger partial charge in [-0.05, 0) is 83.3 Å². The van der Waals surface area contributed by atoms with E-state index >= 15 is 0 Å². The maximum atomic E-state index is 10.9. The Morgan fingerprint density at radius 2 is 0.636 bits per heavy atom. The van der Waals surface area contributed by atoms with Gasteiger partial charge in [0.15, 0.2) is 0 Å². The van der Waals surface area contributed by atoms with Gasteiger partial charge in [0.2, 0.25) is 0 Å². The summed E-state index contributed by atoms with van der Waals surface area (Å²) in [5.74, 6) is -7.35. The first-order valence-electron chi connectivity index (χ1n) is 15.1. The normalized spacial score (nSPS) is 12.5. The zero-order chi connectivity index (χ0) is 32.7. The molecule has 0 saturated carbocycles. The average Bonchev–Trinajstić information content (AvgIpc) is 2.94. The van der Waals surface area contributed by atoms with Gasteiger partial charge in [0.25, 0.3) is 0 Å². The standard InChI is InChI=1S/2C14H31NO6.Sr.Ta.2H/c2*1-7-17-12-15(6)13(18-8-2,19-9-3)14(16,20-10-4)21-11-5;;;;/h2*16H,7-12H2,1-6H3;;;;/q;;+2;;2*-1. The van der Waals surface area contributed by atoms with E-state index in [1.54, 1.807) is 79.3 Å². The van der Waals surface area contributed by atoms with E-state index in [0.717, 1.165) is 0 Å². The molecule has 0 saturated heterocycles. The van der Waals surface area contributed by atoms with Gasteiger partial charge in [-0.1, -0.05) is 0 Å². The molecule has 0 aromatic carbocycles. The van der Waals surface area contributed by atoms with Crippen molar-refractivity contribution in [2.75, 3.05) is 93.6 Å². The molecule has 44 heavy (non-hydrogen) atoms. The predicted octanol–water partition coefficient (Wildman–Crippen LogP) is 2.56. The predicted molar refractivity (Wildman–Crippen MR) is 165 cm³/mol. The molecule has 0 rings (SSSR count). The minimum Gasteiger partial charge on any atom is -1.00 e. The SMILES string of the molecule is CCOCN(C)C(OCC)(OCC)C(O)(OCC)OCC.CCOCN(C)C(OCC)(OCC)C(O)(OCC)OCC.[H-].[H-].[Sr+2].[Ta]. The Kier molecular flexibility index (Phi) is 35.3. The van der Waals surface area contributed by atoms with Crippen molar-refractivity contribution in [1.82, 2.24) is 9.80 Å². The van der Waals surface area contributed by atoms with Crippen molar-refractivity contribution in [3.63, 3.8) is 0 Å². The molecule has 0 unspecified atom stereocenters. The van der Waals surface area contributed by atoms with Gasteiger partial charge < -0.3 is 60.4 Å². The molecule has 0 aliphatic rings. The second-order valence-electron chi connectivity index (χ2n) is 8.43. The van der Waals surface area contributed by atoms with Crippen molar-refractivity contribution >= 4 is 45.5 Å². The van der Waals surface area contributed by atoms with Crippen LogP contribution in [-0.4, -0.2) is 183 Å². The maximum Gasteiger partial charge on any atom is 2.00 e. The van der Waals surface area contributed by atoms with Crippen LogP contribution in [0, 0.1) is 0 Å². The summed E-state index contributed by atoms with van der Waals surface area (Å²) in [4.78, 5) is 3.18. The Morgan fingerprint density at radius 3 is 0.795 bits per heavy atom. The summed E-state index contributed by atoms with van der Waals surface area (Å²) < 4.78 is 55.4. The molecule has 16 heteroatoms. The van der Waals surface area contributed by atoms with Crippen molar-refractivity contribution in [3.05, 3.63) is 0 Å². The van der Waals surface area contributed by atoms with Crippen LogP contribution in [0.3, 0.4) is 0 Å². The summed E-state index contributed by atoms with van der Waals surface area (Å²) in [5.41, 5.74) is 0. The number of nitrogens with zero attached hydrogens (tertiary/aromatic N) is 2. The number of likely N-dealkylation sites (N-methyl/N-ethyl adjacent to an activating group) is 2. The number of ether oxygens (including phenoxy) is 10. The molecule has 0 aliphatic heterocycles. The Hall–Kier alpha value is 1.66. The quantitative estimate of drug-likeness (QED) is 0.0973. The first-order valence-corrected chi connectivity index (χ1v) is 15.1. The number of rotatable bonds is 26. The van der Waals surface area contributed by atoms with Gasteiger partial charge in [-0.25, -0.2) is 9.80 Å². The zero-order valence-electron chi connectivity index (χ0n) is 31.5. The van der Waals surface area contributed by atoms with Crippen LogP contribution in [0.25, 0.3) is 0 Å². The van der Waals surface area contributed by atoms with Crippen molar-refractivity contribution in [1.29, 1.82) is 0 Å². The van der Waals surface area contributed by atoms with Gasteiger partial charge in [-0.2, -0.15) is 0 Å². The van der Waals surface area contributed by atoms with Gasteiger partial charge in [0.05, 0.1) is 0 Å². The fourth-order valence-electron chi connectivity index (χ4n) is 4.01. The van der Waals surface area contributed by atoms with E-state index in [4.69, 9.17) is 47.4 Å². The van der Waals surface area contributed by atoms with Crippen molar-refractivity contribution in [2.24, 2.45) is 0 Å². The van der Waals surface area contributed by atoms with Crippen LogP contribution in [0.2, 0.25) is 0 Å². The van der Waals surface area contributed by atoms with Crippen LogP contribution in [0.1, 0.15) is 72.1 Å². The van der Waals surface area contributed by atoms with E-state index < -0.39 is 23.8 Å². The third kappa shape index (κ3) is 15.5. The summed E-state index contributed by atoms with van der Waals surface area (Å²) in [6.45, 7) is 21.6. The van der Waals surface area contributed by atoms with Crippen molar-refractivity contribution in [2.45, 2.75) is 93.0 Å². The minimum absolute atomic E-state index is 0. The zero-order valence-corrected chi connectivity index (χ0v) is 36.2. The number of hydrogen-bond donors (Lipinski definition) is 2. The molecule has 265 valence electrons. The van der Waals surface area contributed by atoms with Gasteiger partial charge in [0, 0.05) is 88.4 Å². The smallest absolute Gasteiger partial charge is 1.00 e. The molecular weight excluding hydrogens is 825 g/mol. The molecule has 2 N–H and O–H groups in total. The maximum absolute atomic E-state index is 10.9. The number of hydrogen-bond acceptors (Lipinski definition) is 14. The second kappa shape index (κ2) is 29.6. The third-order valence-electron chi connectivity index (χ3n) is 5.50. The molecular formula is C28H64N2O12SrTa. The summed E-state index contributed by atoms with van der Waals surface area (Å²) in [7, 11) is 3.42. The molecule has 14 nitrogen and oxygen atoms in total. The molecule has 0 heterocycles. The Morgan fingerprint density at radius 1 is 0.432 bits per heavy atom. The summed E-state index contributed by atoms with van der Waals surface area (Å²) >= 11 is 0. The largest absolute Gasteiger partial charge is 2.00 e. The van der Waals surface area contributed by atoms with Crippen molar-refractivity contribution in [3.8, 4) is 0 Å². The van der Waals surface area contributed by atoms with E-state index in [1.807, 2.05) is 13.8 Å². The molecule has 0 atom stereocenters. The van der Waals surface area contributed by atoms with Crippen LogP contribution in [-0.2, 0) is 69.7 Å². The van der Waals surface area contributed by atoms with Gasteiger partial charge in [-0.15, -0.1) is 0 Å². The van der Waals surface area contributed by atoms with Gasteiger partial charge >= 0.3 is 69.3 Å². The van der Waals surface area contributed by atoms with E-state index in [1.165, 1.54) is 0 Å². The van der Waals surface area contributed by atoms with Crippen LogP contribution in [0.5, 0.6) is 0 Å². The average molecular weight is 889 g/mol. The molecule has 0 aromatic heterocycles. The molecule has 0 amide bonds. The monoisotopic (exact) mass is 889 g/mol. The van der Waals surface area contributed by atoms with E-state index in [-0.39, 0.29) is 111 Å². The Bertz CT molecular complexity index is 581. The van der Waals surface area contributed by atoms with Crippen LogP contribution in [0.15, 0.2) is 0 Å². The summed E-state index contributed by atoms with van der Waals surface area (Å²) in [5, 5.41) is 21.7. The summed E-state index contributed by atoms with van der Waals surface area (Å²) in [6.07, 6.45) is 0. The fourth-order valence-corrected chi connectivity index (χ4v) is 4.01. The Labute approximate surface area is 322 Å². The number of aliphatic hydroxyl groups is 2. The third-order valence-corrected chi connectivity index (χ3v) is 5.50. The molecule has 1 radical (unpaired) electrons. The molecule has 0 aliphatic carbocycles. The van der Waals surface area contributed by atoms with Crippen LogP contribution in [0.4, 0.5) is 0 Å². The van der Waals surface area contributed by atoms with E-state index in [2.05, 4.69) is 0 Å². The fraction of sp³-hybridized carbons (Fsp3) is 1.00. The first kappa shape index (κ1) is 52.5. The van der Waals surface area contributed by atoms with E-state index in [9.17, 15) is 10.2 Å². The topological polar surface area (TPSA) is 139 Å². The first-order chi connectivity index (χ1) is 19.9. The minimum atomic E-state index is -2.06. The molecule has 0 bridgehead atoms. The van der Waals surface area contributed by atoms with Gasteiger partial charge in [-0.3, -0.25) is 0 Å². The Balaban J connectivity index is -0.000000160. The van der Waals surface area contributed by atoms with E-state index in [0.29, 0.717) is 39.6 Å².